The molecule has 2 rings (SSSR count). The second-order valence-corrected chi connectivity index (χ2v) is 6.07. The first-order valence-electron chi connectivity index (χ1n) is 8.00. The van der Waals surface area contributed by atoms with Crippen LogP contribution in [0.4, 0.5) is 0 Å². The van der Waals surface area contributed by atoms with Crippen LogP contribution in [0.2, 0.25) is 0 Å². The maximum absolute atomic E-state index is 12.1. The zero-order valence-electron chi connectivity index (χ0n) is 12.1. The maximum Gasteiger partial charge on any atom is 0.222 e. The van der Waals surface area contributed by atoms with Crippen LogP contribution < -0.4 is 5.73 Å². The van der Waals surface area contributed by atoms with Crippen LogP contribution in [0.3, 0.4) is 0 Å². The molecular formula is C15H29N3O. The van der Waals surface area contributed by atoms with E-state index in [-0.39, 0.29) is 0 Å². The number of hydrogen-bond donors (Lipinski definition) is 1. The van der Waals surface area contributed by atoms with Gasteiger partial charge in [-0.2, -0.15) is 0 Å². The molecule has 1 saturated heterocycles. The van der Waals surface area contributed by atoms with Crippen molar-refractivity contribution < 1.29 is 4.79 Å². The minimum atomic E-state index is 0.396. The Morgan fingerprint density at radius 2 is 1.79 bits per heavy atom. The van der Waals surface area contributed by atoms with Crippen LogP contribution in [0.15, 0.2) is 0 Å². The molecule has 2 aliphatic rings. The Labute approximate surface area is 117 Å². The largest absolute Gasteiger partial charge is 0.340 e. The molecule has 0 aromatic carbocycles. The molecule has 1 amide bonds. The number of hydrogen-bond acceptors (Lipinski definition) is 3. The first-order valence-corrected chi connectivity index (χ1v) is 8.00. The summed E-state index contributed by atoms with van der Waals surface area (Å²) in [6, 6.07) is 0. The number of carbonyl (C=O) groups is 1. The molecule has 0 aromatic heterocycles. The standard InChI is InChI=1S/C15H29N3O/c16-7-2-1-3-8-17-9-11-18(12-10-17)15(19)13-14-5-4-6-14/h14H,1-13,16H2. The lowest BCUT2D eigenvalue weighted by atomic mass is 9.82. The number of amides is 1. The van der Waals surface area contributed by atoms with E-state index in [1.807, 2.05) is 0 Å². The van der Waals surface area contributed by atoms with Gasteiger partial charge in [0.05, 0.1) is 0 Å². The van der Waals surface area contributed by atoms with Crippen LogP contribution in [0.5, 0.6) is 0 Å². The van der Waals surface area contributed by atoms with Gasteiger partial charge in [0.1, 0.15) is 0 Å². The van der Waals surface area contributed by atoms with Crippen LogP contribution in [0, 0.1) is 5.92 Å². The van der Waals surface area contributed by atoms with Gasteiger partial charge >= 0.3 is 0 Å². The lowest BCUT2D eigenvalue weighted by molar-refractivity contribution is -0.134. The lowest BCUT2D eigenvalue weighted by Gasteiger charge is -2.36. The van der Waals surface area contributed by atoms with Crippen molar-refractivity contribution in [2.45, 2.75) is 44.9 Å². The molecule has 0 atom stereocenters. The van der Waals surface area contributed by atoms with Gasteiger partial charge in [0.25, 0.3) is 0 Å². The van der Waals surface area contributed by atoms with Gasteiger partial charge in [0.2, 0.25) is 5.91 Å². The molecule has 0 aromatic rings. The quantitative estimate of drug-likeness (QED) is 0.710. The Balaban J connectivity index is 1.57. The summed E-state index contributed by atoms with van der Waals surface area (Å²) in [6.45, 7) is 5.96. The van der Waals surface area contributed by atoms with E-state index in [1.54, 1.807) is 0 Å². The summed E-state index contributed by atoms with van der Waals surface area (Å²) < 4.78 is 0. The monoisotopic (exact) mass is 267 g/mol. The maximum atomic E-state index is 12.1. The van der Waals surface area contributed by atoms with E-state index in [2.05, 4.69) is 9.80 Å². The molecule has 4 nitrogen and oxygen atoms in total. The molecule has 0 spiro atoms. The summed E-state index contributed by atoms with van der Waals surface area (Å²) in [5, 5.41) is 0. The summed E-state index contributed by atoms with van der Waals surface area (Å²) in [6.07, 6.45) is 8.29. The Bertz CT molecular complexity index is 271. The summed E-state index contributed by atoms with van der Waals surface area (Å²) in [5.41, 5.74) is 5.50. The Hall–Kier alpha value is -0.610. The van der Waals surface area contributed by atoms with E-state index >= 15 is 0 Å². The molecule has 1 aliphatic heterocycles. The second-order valence-electron chi connectivity index (χ2n) is 6.07. The van der Waals surface area contributed by atoms with Crippen LogP contribution in [-0.4, -0.2) is 55.0 Å². The summed E-state index contributed by atoms with van der Waals surface area (Å²) in [5.74, 6) is 1.09. The van der Waals surface area contributed by atoms with Crippen molar-refractivity contribution >= 4 is 5.91 Å². The normalized spacial score (nSPS) is 21.4. The number of unbranched alkanes of at least 4 members (excludes halogenated alkanes) is 2. The smallest absolute Gasteiger partial charge is 0.222 e. The third-order valence-electron chi connectivity index (χ3n) is 4.59. The van der Waals surface area contributed by atoms with Gasteiger partial charge in [-0.15, -0.1) is 0 Å². The van der Waals surface area contributed by atoms with Crippen molar-refractivity contribution in [1.29, 1.82) is 0 Å². The highest BCUT2D eigenvalue weighted by Crippen LogP contribution is 2.29. The number of rotatable bonds is 7. The Kier molecular flexibility index (Phi) is 6.11. The predicted molar refractivity (Wildman–Crippen MR) is 77.9 cm³/mol. The molecule has 1 saturated carbocycles. The fourth-order valence-corrected chi connectivity index (χ4v) is 2.95. The van der Waals surface area contributed by atoms with Gasteiger partial charge in [-0.1, -0.05) is 12.8 Å². The van der Waals surface area contributed by atoms with Crippen molar-refractivity contribution in [3.05, 3.63) is 0 Å². The van der Waals surface area contributed by atoms with Crippen LogP contribution in [0.25, 0.3) is 0 Å². The van der Waals surface area contributed by atoms with Gasteiger partial charge in [-0.05, 0) is 44.7 Å². The number of nitrogens with two attached hydrogens (primary N) is 1. The molecule has 2 fully saturated rings. The molecule has 4 heteroatoms. The van der Waals surface area contributed by atoms with E-state index < -0.39 is 0 Å². The third-order valence-corrected chi connectivity index (χ3v) is 4.59. The van der Waals surface area contributed by atoms with Crippen LogP contribution >= 0.6 is 0 Å². The minimum absolute atomic E-state index is 0.396. The van der Waals surface area contributed by atoms with Gasteiger partial charge in [-0.25, -0.2) is 0 Å². The average Bonchev–Trinajstić information content (AvgIpc) is 2.39. The fraction of sp³-hybridized carbons (Fsp3) is 0.933. The van der Waals surface area contributed by atoms with E-state index in [0.29, 0.717) is 11.8 Å². The van der Waals surface area contributed by atoms with Gasteiger partial charge in [-0.3, -0.25) is 9.69 Å². The molecule has 0 bridgehead atoms. The Morgan fingerprint density at radius 1 is 1.05 bits per heavy atom. The van der Waals surface area contributed by atoms with Crippen molar-refractivity contribution in [1.82, 2.24) is 9.80 Å². The van der Waals surface area contributed by atoms with Crippen LogP contribution in [0.1, 0.15) is 44.9 Å². The van der Waals surface area contributed by atoms with Crippen molar-refractivity contribution in [2.75, 3.05) is 39.3 Å². The number of piperazine rings is 1. The lowest BCUT2D eigenvalue weighted by Crippen LogP contribution is -2.49. The van der Waals surface area contributed by atoms with E-state index in [1.165, 1.54) is 38.6 Å². The van der Waals surface area contributed by atoms with Gasteiger partial charge < -0.3 is 10.6 Å². The summed E-state index contributed by atoms with van der Waals surface area (Å²) in [7, 11) is 0. The van der Waals surface area contributed by atoms with Crippen molar-refractivity contribution in [3.8, 4) is 0 Å². The fourth-order valence-electron chi connectivity index (χ4n) is 2.95. The summed E-state index contributed by atoms with van der Waals surface area (Å²) >= 11 is 0. The Morgan fingerprint density at radius 3 is 2.37 bits per heavy atom. The van der Waals surface area contributed by atoms with E-state index in [0.717, 1.165) is 45.6 Å². The topological polar surface area (TPSA) is 49.6 Å². The molecule has 110 valence electrons. The second kappa shape index (κ2) is 7.85. The molecule has 19 heavy (non-hydrogen) atoms. The zero-order chi connectivity index (χ0) is 13.5. The van der Waals surface area contributed by atoms with Gasteiger partial charge in [0.15, 0.2) is 0 Å². The number of carbonyl (C=O) groups excluding carboxylic acids is 1. The molecule has 1 aliphatic carbocycles. The first kappa shape index (κ1) is 14.8. The third kappa shape index (κ3) is 4.77. The highest BCUT2D eigenvalue weighted by molar-refractivity contribution is 5.76. The first-order chi connectivity index (χ1) is 9.29. The predicted octanol–water partition coefficient (Wildman–Crippen LogP) is 1.45. The van der Waals surface area contributed by atoms with Crippen molar-refractivity contribution in [3.63, 3.8) is 0 Å². The molecule has 0 unspecified atom stereocenters. The minimum Gasteiger partial charge on any atom is -0.340 e. The highest BCUT2D eigenvalue weighted by Gasteiger charge is 2.25. The average molecular weight is 267 g/mol. The number of nitrogens with zero attached hydrogens (tertiary/aromatic N) is 2. The van der Waals surface area contributed by atoms with Gasteiger partial charge in [0, 0.05) is 32.6 Å². The SMILES string of the molecule is NCCCCCN1CCN(C(=O)CC2CCC2)CC1. The molecule has 1 heterocycles. The highest BCUT2D eigenvalue weighted by atomic mass is 16.2. The molecule has 0 radical (unpaired) electrons. The van der Waals surface area contributed by atoms with E-state index in [4.69, 9.17) is 5.73 Å². The van der Waals surface area contributed by atoms with Crippen molar-refractivity contribution in [2.24, 2.45) is 11.7 Å². The van der Waals surface area contributed by atoms with E-state index in [9.17, 15) is 4.79 Å². The zero-order valence-corrected chi connectivity index (χ0v) is 12.1. The van der Waals surface area contributed by atoms with Crippen LogP contribution in [-0.2, 0) is 4.79 Å². The summed E-state index contributed by atoms with van der Waals surface area (Å²) in [4.78, 5) is 16.7. The molecule has 2 N–H and O–H groups in total. The molecular weight excluding hydrogens is 238 g/mol.